The zero-order valence-corrected chi connectivity index (χ0v) is 14.9. The first-order valence-electron chi connectivity index (χ1n) is 8.08. The molecule has 1 aliphatic heterocycles. The van der Waals surface area contributed by atoms with Gasteiger partial charge in [0.15, 0.2) is 0 Å². The van der Waals surface area contributed by atoms with Gasteiger partial charge in [-0.25, -0.2) is 0 Å². The number of aromatic nitrogens is 1. The molecular formula is C17H23N3O3S. The van der Waals surface area contributed by atoms with E-state index in [1.54, 1.807) is 14.2 Å². The van der Waals surface area contributed by atoms with Crippen LogP contribution in [0.4, 0.5) is 0 Å². The Kier molecular flexibility index (Phi) is 5.55. The molecule has 3 rings (SSSR count). The number of hydrogen-bond acceptors (Lipinski definition) is 6. The lowest BCUT2D eigenvalue weighted by Crippen LogP contribution is -2.27. The fourth-order valence-electron chi connectivity index (χ4n) is 2.96. The molecule has 130 valence electrons. The van der Waals surface area contributed by atoms with Crippen molar-refractivity contribution in [3.63, 3.8) is 0 Å². The van der Waals surface area contributed by atoms with Gasteiger partial charge in [-0.1, -0.05) is 11.3 Å². The molecule has 1 fully saturated rings. The molecular weight excluding hydrogens is 326 g/mol. The molecule has 0 spiro atoms. The third kappa shape index (κ3) is 3.80. The first-order valence-corrected chi connectivity index (χ1v) is 8.90. The Balaban J connectivity index is 1.95. The zero-order valence-electron chi connectivity index (χ0n) is 14.1. The van der Waals surface area contributed by atoms with Gasteiger partial charge in [-0.15, -0.1) is 0 Å². The van der Waals surface area contributed by atoms with E-state index >= 15 is 0 Å². The predicted molar refractivity (Wildman–Crippen MR) is 96.2 cm³/mol. The number of nitrogens with one attached hydrogen (secondary N) is 2. The lowest BCUT2D eigenvalue weighted by molar-refractivity contribution is 0.287. The van der Waals surface area contributed by atoms with Crippen LogP contribution in [0.15, 0.2) is 23.0 Å². The molecule has 0 aliphatic carbocycles. The second kappa shape index (κ2) is 7.83. The van der Waals surface area contributed by atoms with Gasteiger partial charge < -0.3 is 19.8 Å². The van der Waals surface area contributed by atoms with E-state index in [0.717, 1.165) is 66.8 Å². The van der Waals surface area contributed by atoms with Crippen molar-refractivity contribution in [1.29, 1.82) is 0 Å². The maximum atomic E-state index is 12.0. The van der Waals surface area contributed by atoms with Gasteiger partial charge >= 0.3 is 4.87 Å². The number of H-pyrrole nitrogens is 1. The molecule has 0 bridgehead atoms. The molecule has 1 aromatic heterocycles. The highest BCUT2D eigenvalue weighted by Gasteiger charge is 2.18. The van der Waals surface area contributed by atoms with Gasteiger partial charge in [0, 0.05) is 30.1 Å². The van der Waals surface area contributed by atoms with E-state index in [-0.39, 0.29) is 4.87 Å². The number of hydrogen-bond donors (Lipinski definition) is 2. The van der Waals surface area contributed by atoms with Gasteiger partial charge in [0.25, 0.3) is 0 Å². The quantitative estimate of drug-likeness (QED) is 0.863. The average molecular weight is 349 g/mol. The van der Waals surface area contributed by atoms with Crippen molar-refractivity contribution in [2.24, 2.45) is 0 Å². The third-order valence-electron chi connectivity index (χ3n) is 4.20. The molecule has 1 aliphatic rings. The van der Waals surface area contributed by atoms with Crippen LogP contribution in [0.5, 0.6) is 11.5 Å². The fourth-order valence-corrected chi connectivity index (χ4v) is 3.85. The number of benzene rings is 1. The van der Waals surface area contributed by atoms with E-state index in [2.05, 4.69) is 15.2 Å². The Labute approximate surface area is 145 Å². The number of methoxy groups -OCH3 is 2. The van der Waals surface area contributed by atoms with Crippen molar-refractivity contribution in [1.82, 2.24) is 15.2 Å². The largest absolute Gasteiger partial charge is 0.497 e. The van der Waals surface area contributed by atoms with Crippen molar-refractivity contribution < 1.29 is 9.47 Å². The summed E-state index contributed by atoms with van der Waals surface area (Å²) in [4.78, 5) is 18.4. The van der Waals surface area contributed by atoms with Crippen molar-refractivity contribution in [3.05, 3.63) is 32.7 Å². The smallest absolute Gasteiger partial charge is 0.305 e. The maximum absolute atomic E-state index is 12.0. The molecule has 2 heterocycles. The Morgan fingerprint density at radius 3 is 2.88 bits per heavy atom. The minimum Gasteiger partial charge on any atom is -0.497 e. The maximum Gasteiger partial charge on any atom is 0.305 e. The Hall–Kier alpha value is -1.83. The molecule has 0 atom stereocenters. The molecule has 1 aromatic carbocycles. The Bertz CT molecular complexity index is 733. The molecule has 2 N–H and O–H groups in total. The average Bonchev–Trinajstić information content (AvgIpc) is 2.79. The summed E-state index contributed by atoms with van der Waals surface area (Å²) in [5.41, 5.74) is 1.69. The summed E-state index contributed by atoms with van der Waals surface area (Å²) in [6.45, 7) is 4.82. The van der Waals surface area contributed by atoms with Crippen LogP contribution < -0.4 is 19.7 Å². The van der Waals surface area contributed by atoms with Crippen LogP contribution in [0.1, 0.15) is 11.3 Å². The van der Waals surface area contributed by atoms with Gasteiger partial charge in [-0.2, -0.15) is 0 Å². The monoisotopic (exact) mass is 349 g/mol. The van der Waals surface area contributed by atoms with Crippen LogP contribution in [0.25, 0.3) is 11.3 Å². The number of thiazole rings is 1. The zero-order chi connectivity index (χ0) is 16.9. The Morgan fingerprint density at radius 1 is 1.21 bits per heavy atom. The van der Waals surface area contributed by atoms with Crippen LogP contribution in [-0.2, 0) is 6.54 Å². The van der Waals surface area contributed by atoms with E-state index < -0.39 is 0 Å². The van der Waals surface area contributed by atoms with Gasteiger partial charge in [0.05, 0.1) is 19.9 Å². The summed E-state index contributed by atoms with van der Waals surface area (Å²) in [5.74, 6) is 1.46. The second-order valence-corrected chi connectivity index (χ2v) is 6.83. The minimum absolute atomic E-state index is 0.0437. The van der Waals surface area contributed by atoms with Crippen LogP contribution in [-0.4, -0.2) is 50.3 Å². The van der Waals surface area contributed by atoms with E-state index in [1.807, 2.05) is 18.2 Å². The summed E-state index contributed by atoms with van der Waals surface area (Å²) < 4.78 is 10.8. The first kappa shape index (κ1) is 17.0. The summed E-state index contributed by atoms with van der Waals surface area (Å²) >= 11 is 1.27. The molecule has 0 amide bonds. The standard InChI is InChI=1S/C17H23N3O3S/c1-22-12-4-5-14(23-2)13(10-12)16-15(24-17(21)19-16)11-20-8-3-6-18-7-9-20/h4-5,10,18H,3,6-9,11H2,1-2H3,(H,19,21). The third-order valence-corrected chi connectivity index (χ3v) is 5.06. The van der Waals surface area contributed by atoms with Gasteiger partial charge in [0.2, 0.25) is 0 Å². The molecule has 1 saturated heterocycles. The number of rotatable bonds is 5. The molecule has 2 aromatic rings. The number of ether oxygens (including phenoxy) is 2. The summed E-state index contributed by atoms with van der Waals surface area (Å²) in [6.07, 6.45) is 1.12. The second-order valence-electron chi connectivity index (χ2n) is 5.76. The van der Waals surface area contributed by atoms with Crippen LogP contribution in [0, 0.1) is 0 Å². The number of nitrogens with zero attached hydrogens (tertiary/aromatic N) is 1. The highest BCUT2D eigenvalue weighted by molar-refractivity contribution is 7.09. The molecule has 0 unspecified atom stereocenters. The van der Waals surface area contributed by atoms with Crippen molar-refractivity contribution in [2.75, 3.05) is 40.4 Å². The fraction of sp³-hybridized carbons (Fsp3) is 0.471. The first-order chi connectivity index (χ1) is 11.7. The van der Waals surface area contributed by atoms with Crippen LogP contribution in [0.2, 0.25) is 0 Å². The van der Waals surface area contributed by atoms with Crippen LogP contribution in [0.3, 0.4) is 0 Å². The van der Waals surface area contributed by atoms with Crippen LogP contribution >= 0.6 is 11.3 Å². The molecule has 6 nitrogen and oxygen atoms in total. The highest BCUT2D eigenvalue weighted by atomic mass is 32.1. The molecule has 7 heteroatoms. The summed E-state index contributed by atoms with van der Waals surface area (Å²) in [7, 11) is 3.27. The summed E-state index contributed by atoms with van der Waals surface area (Å²) in [5, 5.41) is 3.40. The van der Waals surface area contributed by atoms with E-state index in [4.69, 9.17) is 9.47 Å². The van der Waals surface area contributed by atoms with Crippen molar-refractivity contribution in [3.8, 4) is 22.8 Å². The van der Waals surface area contributed by atoms with Crippen molar-refractivity contribution in [2.45, 2.75) is 13.0 Å². The van der Waals surface area contributed by atoms with E-state index in [1.165, 1.54) is 11.3 Å². The van der Waals surface area contributed by atoms with E-state index in [0.29, 0.717) is 0 Å². The normalized spacial score (nSPS) is 15.9. The van der Waals surface area contributed by atoms with Gasteiger partial charge in [0.1, 0.15) is 11.5 Å². The Morgan fingerprint density at radius 2 is 2.08 bits per heavy atom. The lowest BCUT2D eigenvalue weighted by atomic mass is 10.1. The molecule has 0 radical (unpaired) electrons. The highest BCUT2D eigenvalue weighted by Crippen LogP contribution is 2.35. The molecule has 0 saturated carbocycles. The van der Waals surface area contributed by atoms with Gasteiger partial charge in [-0.05, 0) is 37.7 Å². The van der Waals surface area contributed by atoms with Crippen molar-refractivity contribution >= 4 is 11.3 Å². The minimum atomic E-state index is -0.0437. The number of aromatic amines is 1. The topological polar surface area (TPSA) is 66.6 Å². The summed E-state index contributed by atoms with van der Waals surface area (Å²) in [6, 6.07) is 5.63. The SMILES string of the molecule is COc1ccc(OC)c(-c2[nH]c(=O)sc2CN2CCCNCC2)c1. The molecule has 24 heavy (non-hydrogen) atoms. The predicted octanol–water partition coefficient (Wildman–Crippen LogP) is 1.92. The van der Waals surface area contributed by atoms with E-state index in [9.17, 15) is 4.79 Å². The van der Waals surface area contributed by atoms with Gasteiger partial charge in [-0.3, -0.25) is 9.69 Å². The lowest BCUT2D eigenvalue weighted by Gasteiger charge is -2.19.